The number of hydrogen-bond acceptors (Lipinski definition) is 4. The van der Waals surface area contributed by atoms with Crippen molar-refractivity contribution in [2.24, 2.45) is 0 Å². The summed E-state index contributed by atoms with van der Waals surface area (Å²) >= 11 is 0. The molecule has 0 saturated heterocycles. The monoisotopic (exact) mass is 270 g/mol. The predicted molar refractivity (Wildman–Crippen MR) is 76.5 cm³/mol. The number of esters is 1. The molecule has 0 aromatic heterocycles. The first-order valence-electron chi connectivity index (χ1n) is 6.03. The number of benzene rings is 2. The largest absolute Gasteiger partial charge is 0.508 e. The van der Waals surface area contributed by atoms with Crippen LogP contribution in [0.25, 0.3) is 12.2 Å². The first-order chi connectivity index (χ1) is 9.54. The number of hydrogen-bond donors (Lipinski definition) is 2. The lowest BCUT2D eigenvalue weighted by Crippen LogP contribution is -2.01. The van der Waals surface area contributed by atoms with Gasteiger partial charge < -0.3 is 14.9 Å². The highest BCUT2D eigenvalue weighted by atomic mass is 16.5. The number of rotatable bonds is 3. The lowest BCUT2D eigenvalue weighted by molar-refractivity contribution is -0.132. The molecule has 0 amide bonds. The van der Waals surface area contributed by atoms with E-state index in [1.807, 2.05) is 12.2 Å². The molecule has 0 radical (unpaired) electrons. The lowest BCUT2D eigenvalue weighted by atomic mass is 10.1. The molecule has 0 aliphatic rings. The van der Waals surface area contributed by atoms with E-state index >= 15 is 0 Å². The summed E-state index contributed by atoms with van der Waals surface area (Å²) in [6.07, 6.45) is 3.66. The third-order valence-electron chi connectivity index (χ3n) is 2.60. The van der Waals surface area contributed by atoms with E-state index in [2.05, 4.69) is 0 Å². The second-order valence-corrected chi connectivity index (χ2v) is 4.25. The molecule has 2 aromatic carbocycles. The first-order valence-corrected chi connectivity index (χ1v) is 6.03. The second-order valence-electron chi connectivity index (χ2n) is 4.25. The molecule has 0 bridgehead atoms. The Balaban J connectivity index is 2.15. The van der Waals surface area contributed by atoms with Gasteiger partial charge in [0.25, 0.3) is 0 Å². The summed E-state index contributed by atoms with van der Waals surface area (Å²) in [6, 6.07) is 11.5. The second kappa shape index (κ2) is 5.93. The summed E-state index contributed by atoms with van der Waals surface area (Å²) in [4.78, 5) is 10.8. The first kappa shape index (κ1) is 13.7. The Morgan fingerprint density at radius 3 is 2.20 bits per heavy atom. The molecular weight excluding hydrogens is 256 g/mol. The van der Waals surface area contributed by atoms with Gasteiger partial charge in [-0.1, -0.05) is 30.4 Å². The van der Waals surface area contributed by atoms with E-state index in [0.717, 1.165) is 11.1 Å². The Hall–Kier alpha value is -2.75. The Morgan fingerprint density at radius 1 is 1.00 bits per heavy atom. The minimum atomic E-state index is -0.479. The SMILES string of the molecule is CC(=O)Oc1ccc(/C=C/c2ccc(O)cc2)cc1O. The Labute approximate surface area is 116 Å². The molecule has 0 spiro atoms. The molecule has 0 aliphatic heterocycles. The standard InChI is InChI=1S/C16H14O4/c1-11(17)20-16-9-6-13(10-15(16)19)3-2-12-4-7-14(18)8-5-12/h2-10,18-19H,1H3/b3-2+. The van der Waals surface area contributed by atoms with Crippen molar-refractivity contribution in [1.29, 1.82) is 0 Å². The quantitative estimate of drug-likeness (QED) is 0.510. The van der Waals surface area contributed by atoms with Crippen molar-refractivity contribution in [3.05, 3.63) is 53.6 Å². The van der Waals surface area contributed by atoms with Crippen molar-refractivity contribution in [2.75, 3.05) is 0 Å². The highest BCUT2D eigenvalue weighted by Gasteiger charge is 2.04. The number of aromatic hydroxyl groups is 2. The van der Waals surface area contributed by atoms with Gasteiger partial charge in [0.05, 0.1) is 0 Å². The van der Waals surface area contributed by atoms with E-state index in [1.54, 1.807) is 30.3 Å². The molecular formula is C16H14O4. The van der Waals surface area contributed by atoms with Crippen LogP contribution in [0.15, 0.2) is 42.5 Å². The van der Waals surface area contributed by atoms with E-state index in [0.29, 0.717) is 0 Å². The van der Waals surface area contributed by atoms with Gasteiger partial charge in [-0.25, -0.2) is 0 Å². The van der Waals surface area contributed by atoms with Gasteiger partial charge in [-0.15, -0.1) is 0 Å². The molecule has 0 aliphatic carbocycles. The van der Waals surface area contributed by atoms with Gasteiger partial charge in [-0.3, -0.25) is 4.79 Å². The maximum absolute atomic E-state index is 10.8. The van der Waals surface area contributed by atoms with Gasteiger partial charge in [0.15, 0.2) is 11.5 Å². The fraction of sp³-hybridized carbons (Fsp3) is 0.0625. The Bertz CT molecular complexity index is 642. The molecule has 0 unspecified atom stereocenters. The van der Waals surface area contributed by atoms with E-state index in [4.69, 9.17) is 4.74 Å². The minimum absolute atomic E-state index is 0.0898. The van der Waals surface area contributed by atoms with Crippen LogP contribution in [-0.2, 0) is 4.79 Å². The van der Waals surface area contributed by atoms with Crippen LogP contribution >= 0.6 is 0 Å². The number of ether oxygens (including phenoxy) is 1. The maximum atomic E-state index is 10.8. The van der Waals surface area contributed by atoms with Crippen LogP contribution in [0.2, 0.25) is 0 Å². The van der Waals surface area contributed by atoms with E-state index in [9.17, 15) is 15.0 Å². The van der Waals surface area contributed by atoms with Crippen LogP contribution in [0, 0.1) is 0 Å². The van der Waals surface area contributed by atoms with Crippen LogP contribution in [0.1, 0.15) is 18.1 Å². The summed E-state index contributed by atoms with van der Waals surface area (Å²) in [5.74, 6) is -0.217. The van der Waals surface area contributed by atoms with Crippen LogP contribution in [0.3, 0.4) is 0 Å². The Morgan fingerprint density at radius 2 is 1.60 bits per heavy atom. The number of carbonyl (C=O) groups excluding carboxylic acids is 1. The molecule has 20 heavy (non-hydrogen) atoms. The third-order valence-corrected chi connectivity index (χ3v) is 2.60. The zero-order valence-electron chi connectivity index (χ0n) is 10.9. The van der Waals surface area contributed by atoms with Crippen molar-refractivity contribution >= 4 is 18.1 Å². The molecule has 2 aromatic rings. The van der Waals surface area contributed by atoms with Crippen molar-refractivity contribution < 1.29 is 19.7 Å². The van der Waals surface area contributed by atoms with Crippen molar-refractivity contribution in [3.8, 4) is 17.2 Å². The highest BCUT2D eigenvalue weighted by molar-refractivity contribution is 5.73. The van der Waals surface area contributed by atoms with Crippen LogP contribution < -0.4 is 4.74 Å². The molecule has 102 valence electrons. The minimum Gasteiger partial charge on any atom is -0.508 e. The molecule has 2 N–H and O–H groups in total. The number of phenolic OH excluding ortho intramolecular Hbond substituents is 2. The lowest BCUT2D eigenvalue weighted by Gasteiger charge is -2.04. The van der Waals surface area contributed by atoms with Crippen molar-refractivity contribution in [3.63, 3.8) is 0 Å². The number of carbonyl (C=O) groups is 1. The summed E-state index contributed by atoms with van der Waals surface area (Å²) in [5.41, 5.74) is 1.69. The Kier molecular flexibility index (Phi) is 4.05. The average Bonchev–Trinajstić information content (AvgIpc) is 2.40. The molecule has 0 atom stereocenters. The van der Waals surface area contributed by atoms with Gasteiger partial charge in [0.1, 0.15) is 5.75 Å². The molecule has 4 heteroatoms. The molecule has 0 heterocycles. The normalized spacial score (nSPS) is 10.7. The average molecular weight is 270 g/mol. The molecule has 0 fully saturated rings. The van der Waals surface area contributed by atoms with Gasteiger partial charge in [0, 0.05) is 6.92 Å². The summed E-state index contributed by atoms with van der Waals surface area (Å²) in [6.45, 7) is 1.28. The molecule has 2 rings (SSSR count). The van der Waals surface area contributed by atoms with E-state index < -0.39 is 5.97 Å². The highest BCUT2D eigenvalue weighted by Crippen LogP contribution is 2.27. The summed E-state index contributed by atoms with van der Waals surface area (Å²) < 4.78 is 4.84. The number of phenols is 2. The van der Waals surface area contributed by atoms with Crippen LogP contribution in [0.4, 0.5) is 0 Å². The molecule has 4 nitrogen and oxygen atoms in total. The van der Waals surface area contributed by atoms with Crippen LogP contribution in [-0.4, -0.2) is 16.2 Å². The van der Waals surface area contributed by atoms with Crippen molar-refractivity contribution in [1.82, 2.24) is 0 Å². The zero-order chi connectivity index (χ0) is 14.5. The zero-order valence-corrected chi connectivity index (χ0v) is 10.9. The van der Waals surface area contributed by atoms with Crippen molar-refractivity contribution in [2.45, 2.75) is 6.92 Å². The predicted octanol–water partition coefficient (Wildman–Crippen LogP) is 3.19. The summed E-state index contributed by atoms with van der Waals surface area (Å²) in [7, 11) is 0. The molecule has 0 saturated carbocycles. The topological polar surface area (TPSA) is 66.8 Å². The van der Waals surface area contributed by atoms with Gasteiger partial charge >= 0.3 is 5.97 Å². The van der Waals surface area contributed by atoms with Gasteiger partial charge in [-0.05, 0) is 35.4 Å². The van der Waals surface area contributed by atoms with Gasteiger partial charge in [-0.2, -0.15) is 0 Å². The van der Waals surface area contributed by atoms with Gasteiger partial charge in [0.2, 0.25) is 0 Å². The van der Waals surface area contributed by atoms with E-state index in [1.165, 1.54) is 19.1 Å². The summed E-state index contributed by atoms with van der Waals surface area (Å²) in [5, 5.41) is 18.9. The smallest absolute Gasteiger partial charge is 0.308 e. The van der Waals surface area contributed by atoms with E-state index in [-0.39, 0.29) is 17.2 Å². The fourth-order valence-electron chi connectivity index (χ4n) is 1.66. The van der Waals surface area contributed by atoms with Crippen LogP contribution in [0.5, 0.6) is 17.2 Å². The fourth-order valence-corrected chi connectivity index (χ4v) is 1.66. The maximum Gasteiger partial charge on any atom is 0.308 e. The third kappa shape index (κ3) is 3.62.